The predicted molar refractivity (Wildman–Crippen MR) is 79.9 cm³/mol. The standard InChI is InChI=1S/C14H11ClN4O/c15-9-4-2-6-17-13(9)19-14(20)11-7-8-3-1-5-10(16)12(8)18-11/h1-7,18H,16H2,(H,17,19,20). The maximum absolute atomic E-state index is 12.2. The quantitative estimate of drug-likeness (QED) is 0.633. The van der Waals surface area contributed by atoms with Gasteiger partial charge in [-0.15, -0.1) is 0 Å². The van der Waals surface area contributed by atoms with E-state index in [0.717, 1.165) is 10.9 Å². The number of fused-ring (bicyclic) bond motifs is 1. The number of para-hydroxylation sites is 1. The summed E-state index contributed by atoms with van der Waals surface area (Å²) >= 11 is 5.95. The van der Waals surface area contributed by atoms with Gasteiger partial charge in [0.05, 0.1) is 16.2 Å². The SMILES string of the molecule is Nc1cccc2cc(C(=O)Nc3ncccc3Cl)[nH]c12. The summed E-state index contributed by atoms with van der Waals surface area (Å²) < 4.78 is 0. The van der Waals surface area contributed by atoms with Gasteiger partial charge in [0.2, 0.25) is 0 Å². The van der Waals surface area contributed by atoms with Crippen LogP contribution in [0, 0.1) is 0 Å². The second-order valence-electron chi connectivity index (χ2n) is 4.28. The molecular formula is C14H11ClN4O. The van der Waals surface area contributed by atoms with Crippen LogP contribution in [-0.4, -0.2) is 15.9 Å². The van der Waals surface area contributed by atoms with E-state index in [0.29, 0.717) is 22.2 Å². The van der Waals surface area contributed by atoms with E-state index >= 15 is 0 Å². The Morgan fingerprint density at radius 2 is 2.15 bits per heavy atom. The zero-order chi connectivity index (χ0) is 14.1. The molecule has 4 N–H and O–H groups in total. The lowest BCUT2D eigenvalue weighted by atomic mass is 10.2. The first kappa shape index (κ1) is 12.5. The van der Waals surface area contributed by atoms with Crippen molar-refractivity contribution in [2.75, 3.05) is 11.1 Å². The highest BCUT2D eigenvalue weighted by atomic mass is 35.5. The minimum absolute atomic E-state index is 0.318. The summed E-state index contributed by atoms with van der Waals surface area (Å²) in [6, 6.07) is 10.6. The number of carbonyl (C=O) groups excluding carboxylic acids is 1. The van der Waals surface area contributed by atoms with E-state index in [9.17, 15) is 4.79 Å². The Morgan fingerprint density at radius 3 is 2.90 bits per heavy atom. The average molecular weight is 287 g/mol. The van der Waals surface area contributed by atoms with Crippen LogP contribution in [0.4, 0.5) is 11.5 Å². The van der Waals surface area contributed by atoms with E-state index in [4.69, 9.17) is 17.3 Å². The zero-order valence-electron chi connectivity index (χ0n) is 10.4. The van der Waals surface area contributed by atoms with Crippen molar-refractivity contribution in [3.8, 4) is 0 Å². The molecule has 6 heteroatoms. The molecule has 0 unspecified atom stereocenters. The molecule has 0 radical (unpaired) electrons. The number of carbonyl (C=O) groups is 1. The molecule has 1 aromatic carbocycles. The third-order valence-electron chi connectivity index (χ3n) is 2.92. The second-order valence-corrected chi connectivity index (χ2v) is 4.69. The van der Waals surface area contributed by atoms with Crippen molar-refractivity contribution in [1.29, 1.82) is 0 Å². The lowest BCUT2D eigenvalue weighted by Crippen LogP contribution is -2.13. The molecule has 0 aliphatic carbocycles. The molecule has 0 aliphatic rings. The topological polar surface area (TPSA) is 83.8 Å². The van der Waals surface area contributed by atoms with Crippen LogP contribution in [0.2, 0.25) is 5.02 Å². The van der Waals surface area contributed by atoms with E-state index in [2.05, 4.69) is 15.3 Å². The third kappa shape index (κ3) is 2.19. The number of nitrogens with two attached hydrogens (primary N) is 1. The highest BCUT2D eigenvalue weighted by molar-refractivity contribution is 6.33. The lowest BCUT2D eigenvalue weighted by molar-refractivity contribution is 0.102. The molecule has 3 aromatic rings. The normalized spacial score (nSPS) is 10.7. The van der Waals surface area contributed by atoms with Crippen molar-refractivity contribution in [1.82, 2.24) is 9.97 Å². The number of amides is 1. The smallest absolute Gasteiger partial charge is 0.273 e. The summed E-state index contributed by atoms with van der Waals surface area (Å²) in [5.74, 6) is 0.00648. The molecule has 2 aromatic heterocycles. The van der Waals surface area contributed by atoms with Gasteiger partial charge < -0.3 is 16.0 Å². The van der Waals surface area contributed by atoms with Crippen LogP contribution in [0.15, 0.2) is 42.6 Å². The molecule has 20 heavy (non-hydrogen) atoms. The van der Waals surface area contributed by atoms with Crippen LogP contribution in [-0.2, 0) is 0 Å². The van der Waals surface area contributed by atoms with Crippen molar-refractivity contribution < 1.29 is 4.79 Å². The number of nitrogens with zero attached hydrogens (tertiary/aromatic N) is 1. The minimum atomic E-state index is -0.318. The number of hydrogen-bond donors (Lipinski definition) is 3. The van der Waals surface area contributed by atoms with Crippen LogP contribution in [0.5, 0.6) is 0 Å². The van der Waals surface area contributed by atoms with Gasteiger partial charge in [-0.05, 0) is 24.3 Å². The van der Waals surface area contributed by atoms with E-state index in [1.165, 1.54) is 0 Å². The van der Waals surface area contributed by atoms with Gasteiger partial charge in [0, 0.05) is 11.6 Å². The number of anilines is 2. The summed E-state index contributed by atoms with van der Waals surface area (Å²) in [6.07, 6.45) is 1.56. The molecule has 0 saturated carbocycles. The van der Waals surface area contributed by atoms with E-state index in [1.54, 1.807) is 30.5 Å². The number of hydrogen-bond acceptors (Lipinski definition) is 3. The first-order valence-corrected chi connectivity index (χ1v) is 6.32. The van der Waals surface area contributed by atoms with Gasteiger partial charge in [-0.25, -0.2) is 4.98 Å². The highest BCUT2D eigenvalue weighted by Gasteiger charge is 2.12. The van der Waals surface area contributed by atoms with Gasteiger partial charge in [-0.3, -0.25) is 4.79 Å². The summed E-state index contributed by atoms with van der Waals surface area (Å²) in [5, 5.41) is 3.92. The maximum Gasteiger partial charge on any atom is 0.273 e. The Bertz CT molecular complexity index is 797. The Hall–Kier alpha value is -2.53. The minimum Gasteiger partial charge on any atom is -0.397 e. The Balaban J connectivity index is 1.93. The van der Waals surface area contributed by atoms with Crippen LogP contribution in [0.1, 0.15) is 10.5 Å². The molecule has 5 nitrogen and oxygen atoms in total. The summed E-state index contributed by atoms with van der Waals surface area (Å²) in [5.41, 5.74) is 7.59. The fraction of sp³-hybridized carbons (Fsp3) is 0. The van der Waals surface area contributed by atoms with Crippen molar-refractivity contribution >= 4 is 39.9 Å². The molecule has 0 bridgehead atoms. The molecule has 1 amide bonds. The van der Waals surface area contributed by atoms with Gasteiger partial charge in [0.15, 0.2) is 5.82 Å². The molecule has 0 fully saturated rings. The Kier molecular flexibility index (Phi) is 3.04. The molecule has 3 rings (SSSR count). The van der Waals surface area contributed by atoms with Crippen LogP contribution < -0.4 is 11.1 Å². The Morgan fingerprint density at radius 1 is 1.30 bits per heavy atom. The number of pyridine rings is 1. The van der Waals surface area contributed by atoms with Crippen molar-refractivity contribution in [2.24, 2.45) is 0 Å². The number of rotatable bonds is 2. The van der Waals surface area contributed by atoms with Crippen molar-refractivity contribution in [3.05, 3.63) is 53.3 Å². The number of aromatic nitrogens is 2. The zero-order valence-corrected chi connectivity index (χ0v) is 11.1. The van der Waals surface area contributed by atoms with E-state index < -0.39 is 0 Å². The number of halogens is 1. The average Bonchev–Trinajstić information content (AvgIpc) is 2.87. The van der Waals surface area contributed by atoms with E-state index in [1.807, 2.05) is 12.1 Å². The Labute approximate surface area is 119 Å². The molecule has 0 spiro atoms. The van der Waals surface area contributed by atoms with Crippen LogP contribution >= 0.6 is 11.6 Å². The molecular weight excluding hydrogens is 276 g/mol. The van der Waals surface area contributed by atoms with Crippen molar-refractivity contribution in [3.63, 3.8) is 0 Å². The van der Waals surface area contributed by atoms with Gasteiger partial charge in [0.1, 0.15) is 5.69 Å². The summed E-state index contributed by atoms with van der Waals surface area (Å²) in [7, 11) is 0. The van der Waals surface area contributed by atoms with Crippen molar-refractivity contribution in [2.45, 2.75) is 0 Å². The van der Waals surface area contributed by atoms with Crippen LogP contribution in [0.25, 0.3) is 10.9 Å². The molecule has 0 saturated heterocycles. The first-order chi connectivity index (χ1) is 9.65. The molecule has 0 aliphatic heterocycles. The number of nitrogens with one attached hydrogen (secondary N) is 2. The number of benzene rings is 1. The van der Waals surface area contributed by atoms with Gasteiger partial charge in [-0.2, -0.15) is 0 Å². The second kappa shape index (κ2) is 4.86. The first-order valence-electron chi connectivity index (χ1n) is 5.94. The molecule has 2 heterocycles. The largest absolute Gasteiger partial charge is 0.397 e. The predicted octanol–water partition coefficient (Wildman–Crippen LogP) is 3.05. The molecule has 0 atom stereocenters. The number of H-pyrrole nitrogens is 1. The maximum atomic E-state index is 12.2. The van der Waals surface area contributed by atoms with Gasteiger partial charge in [0.25, 0.3) is 5.91 Å². The monoisotopic (exact) mass is 286 g/mol. The third-order valence-corrected chi connectivity index (χ3v) is 3.23. The molecule has 100 valence electrons. The summed E-state index contributed by atoms with van der Waals surface area (Å²) in [6.45, 7) is 0. The lowest BCUT2D eigenvalue weighted by Gasteiger charge is -2.03. The van der Waals surface area contributed by atoms with Gasteiger partial charge in [-0.1, -0.05) is 23.7 Å². The fourth-order valence-electron chi connectivity index (χ4n) is 1.95. The number of nitrogen functional groups attached to an aromatic ring is 1. The fourth-order valence-corrected chi connectivity index (χ4v) is 2.12. The number of aromatic amines is 1. The highest BCUT2D eigenvalue weighted by Crippen LogP contribution is 2.22. The van der Waals surface area contributed by atoms with E-state index in [-0.39, 0.29) is 5.91 Å². The van der Waals surface area contributed by atoms with Crippen LogP contribution in [0.3, 0.4) is 0 Å². The summed E-state index contributed by atoms with van der Waals surface area (Å²) in [4.78, 5) is 19.2. The van der Waals surface area contributed by atoms with Gasteiger partial charge >= 0.3 is 0 Å².